The van der Waals surface area contributed by atoms with Crippen molar-refractivity contribution >= 4 is 9.28 Å². The van der Waals surface area contributed by atoms with Crippen LogP contribution in [0.4, 0.5) is 0 Å². The minimum absolute atomic E-state index is 0.861. The lowest BCUT2D eigenvalue weighted by Gasteiger charge is -2.12. The minimum atomic E-state index is -1.59. The quantitative estimate of drug-likeness (QED) is 0.557. The van der Waals surface area contributed by atoms with E-state index in [1.807, 2.05) is 0 Å². The fraction of sp³-hybridized carbons (Fsp3) is 0.600. The molecule has 0 aliphatic heterocycles. The van der Waals surface area contributed by atoms with Crippen LogP contribution in [0, 0.1) is 0 Å². The molecular weight excluding hydrogens is 134 g/mol. The van der Waals surface area contributed by atoms with Crippen LogP contribution in [-0.4, -0.2) is 30.6 Å². The molecule has 9 heavy (non-hydrogen) atoms. The van der Waals surface area contributed by atoms with Crippen LogP contribution in [-0.2, 0) is 8.85 Å². The first-order valence-electron chi connectivity index (χ1n) is 2.68. The normalized spacial score (nSPS) is 9.78. The van der Waals surface area contributed by atoms with Gasteiger partial charge in [-0.25, -0.2) is 0 Å². The van der Waals surface area contributed by atoms with Crippen molar-refractivity contribution in [2.24, 2.45) is 0 Å². The number of hydrogen-bond acceptors (Lipinski definition) is 3. The van der Waals surface area contributed by atoms with Gasteiger partial charge in [0, 0.05) is 26.6 Å². The lowest BCUT2D eigenvalue weighted by Crippen LogP contribution is -2.29. The Morgan fingerprint density at radius 3 is 2.00 bits per heavy atom. The SMILES string of the molecule is C=C(NC)[SiH](OC)OC. The molecule has 0 unspecified atom stereocenters. The van der Waals surface area contributed by atoms with Crippen molar-refractivity contribution in [3.8, 4) is 0 Å². The molecule has 0 rings (SSSR count). The zero-order valence-electron chi connectivity index (χ0n) is 6.10. The average Bonchev–Trinajstić information content (AvgIpc) is 1.90. The van der Waals surface area contributed by atoms with Gasteiger partial charge < -0.3 is 14.2 Å². The van der Waals surface area contributed by atoms with Crippen LogP contribution in [0.25, 0.3) is 0 Å². The Morgan fingerprint density at radius 1 is 1.44 bits per heavy atom. The van der Waals surface area contributed by atoms with Gasteiger partial charge in [-0.1, -0.05) is 6.58 Å². The van der Waals surface area contributed by atoms with Gasteiger partial charge in [0.05, 0.1) is 0 Å². The molecule has 0 atom stereocenters. The highest BCUT2D eigenvalue weighted by molar-refractivity contribution is 6.53. The highest BCUT2D eigenvalue weighted by atomic mass is 28.3. The van der Waals surface area contributed by atoms with E-state index in [1.165, 1.54) is 0 Å². The van der Waals surface area contributed by atoms with E-state index in [-0.39, 0.29) is 0 Å². The smallest absolute Gasteiger partial charge is 0.371 e. The molecular formula is C5H13NO2Si. The first kappa shape index (κ1) is 8.68. The fourth-order valence-electron chi connectivity index (χ4n) is 0.499. The molecule has 0 aromatic heterocycles. The second-order valence-electron chi connectivity index (χ2n) is 1.58. The summed E-state index contributed by atoms with van der Waals surface area (Å²) in [5, 5.41) is 3.75. The summed E-state index contributed by atoms with van der Waals surface area (Å²) in [7, 11) is 3.47. The molecule has 0 heterocycles. The maximum absolute atomic E-state index is 5.01. The summed E-state index contributed by atoms with van der Waals surface area (Å²) in [5.74, 6) is 0. The molecule has 3 nitrogen and oxygen atoms in total. The van der Waals surface area contributed by atoms with Crippen LogP contribution in [0.15, 0.2) is 11.9 Å². The van der Waals surface area contributed by atoms with Crippen molar-refractivity contribution in [1.82, 2.24) is 5.32 Å². The van der Waals surface area contributed by atoms with Crippen LogP contribution in [0.1, 0.15) is 0 Å². The summed E-state index contributed by atoms with van der Waals surface area (Å²) in [5.41, 5.74) is 0. The largest absolute Gasteiger partial charge is 0.396 e. The minimum Gasteiger partial charge on any atom is -0.396 e. The Morgan fingerprint density at radius 2 is 1.89 bits per heavy atom. The molecule has 0 amide bonds. The van der Waals surface area contributed by atoms with E-state index < -0.39 is 9.28 Å². The lowest BCUT2D eigenvalue weighted by molar-refractivity contribution is 0.285. The molecule has 0 aromatic rings. The van der Waals surface area contributed by atoms with E-state index in [1.54, 1.807) is 21.3 Å². The topological polar surface area (TPSA) is 30.5 Å². The van der Waals surface area contributed by atoms with Gasteiger partial charge in [-0.15, -0.1) is 0 Å². The van der Waals surface area contributed by atoms with Crippen LogP contribution in [0.5, 0.6) is 0 Å². The van der Waals surface area contributed by atoms with Crippen molar-refractivity contribution in [2.45, 2.75) is 0 Å². The summed E-state index contributed by atoms with van der Waals surface area (Å²) in [4.78, 5) is 0. The third-order valence-corrected chi connectivity index (χ3v) is 2.75. The van der Waals surface area contributed by atoms with Crippen molar-refractivity contribution in [1.29, 1.82) is 0 Å². The standard InChI is InChI=1S/C5H13NO2Si/c1-5(6-2)9(7-3)8-4/h6,9H,1H2,2-4H3. The number of rotatable bonds is 4. The van der Waals surface area contributed by atoms with Crippen molar-refractivity contribution in [3.05, 3.63) is 11.9 Å². The van der Waals surface area contributed by atoms with Crippen LogP contribution in [0.2, 0.25) is 0 Å². The van der Waals surface area contributed by atoms with Gasteiger partial charge >= 0.3 is 9.28 Å². The predicted molar refractivity (Wildman–Crippen MR) is 39.4 cm³/mol. The molecule has 0 saturated carbocycles. The maximum Gasteiger partial charge on any atom is 0.371 e. The first-order valence-corrected chi connectivity index (χ1v) is 4.20. The highest BCUT2D eigenvalue weighted by Crippen LogP contribution is 1.92. The van der Waals surface area contributed by atoms with Crippen molar-refractivity contribution in [3.63, 3.8) is 0 Å². The van der Waals surface area contributed by atoms with E-state index >= 15 is 0 Å². The van der Waals surface area contributed by atoms with Gasteiger partial charge in [-0.2, -0.15) is 0 Å². The fourth-order valence-corrected chi connectivity index (χ4v) is 1.50. The molecule has 0 aromatic carbocycles. The maximum atomic E-state index is 5.01. The summed E-state index contributed by atoms with van der Waals surface area (Å²) in [6.07, 6.45) is 0. The summed E-state index contributed by atoms with van der Waals surface area (Å²) >= 11 is 0. The zero-order chi connectivity index (χ0) is 7.28. The molecule has 0 aliphatic rings. The van der Waals surface area contributed by atoms with E-state index in [4.69, 9.17) is 8.85 Å². The van der Waals surface area contributed by atoms with Gasteiger partial charge in [0.15, 0.2) is 0 Å². The third kappa shape index (κ3) is 2.64. The van der Waals surface area contributed by atoms with Gasteiger partial charge in [0.1, 0.15) is 0 Å². The highest BCUT2D eigenvalue weighted by Gasteiger charge is 2.11. The van der Waals surface area contributed by atoms with E-state index in [0.717, 1.165) is 5.32 Å². The second-order valence-corrected chi connectivity index (χ2v) is 3.88. The van der Waals surface area contributed by atoms with E-state index in [9.17, 15) is 0 Å². The van der Waals surface area contributed by atoms with E-state index in [0.29, 0.717) is 0 Å². The summed E-state index contributed by atoms with van der Waals surface area (Å²) < 4.78 is 10.0. The Labute approximate surface area is 57.5 Å². The number of nitrogens with one attached hydrogen (secondary N) is 1. The molecule has 0 fully saturated rings. The Kier molecular flexibility index (Phi) is 4.38. The molecule has 0 aliphatic carbocycles. The van der Waals surface area contributed by atoms with Gasteiger partial charge in [-0.3, -0.25) is 0 Å². The molecule has 0 radical (unpaired) electrons. The van der Waals surface area contributed by atoms with Crippen LogP contribution >= 0.6 is 0 Å². The van der Waals surface area contributed by atoms with E-state index in [2.05, 4.69) is 11.9 Å². The Balaban J connectivity index is 3.64. The first-order chi connectivity index (χ1) is 4.26. The molecule has 0 spiro atoms. The van der Waals surface area contributed by atoms with Crippen molar-refractivity contribution < 1.29 is 8.85 Å². The average molecular weight is 147 g/mol. The molecule has 54 valence electrons. The Hall–Kier alpha value is -0.323. The van der Waals surface area contributed by atoms with Crippen LogP contribution < -0.4 is 5.32 Å². The summed E-state index contributed by atoms with van der Waals surface area (Å²) in [6, 6.07) is 0. The van der Waals surface area contributed by atoms with Gasteiger partial charge in [0.2, 0.25) is 0 Å². The van der Waals surface area contributed by atoms with Crippen LogP contribution in [0.3, 0.4) is 0 Å². The third-order valence-electron chi connectivity index (χ3n) is 1.03. The zero-order valence-corrected chi connectivity index (χ0v) is 7.26. The predicted octanol–water partition coefficient (Wildman–Crippen LogP) is -0.228. The summed E-state index contributed by atoms with van der Waals surface area (Å²) in [6.45, 7) is 3.72. The second kappa shape index (κ2) is 4.55. The Bertz CT molecular complexity index is 93.0. The molecule has 4 heteroatoms. The monoisotopic (exact) mass is 147 g/mol. The molecule has 0 bridgehead atoms. The molecule has 1 N–H and O–H groups in total. The van der Waals surface area contributed by atoms with Crippen molar-refractivity contribution in [2.75, 3.05) is 21.3 Å². The molecule has 0 saturated heterocycles. The van der Waals surface area contributed by atoms with Gasteiger partial charge in [0.25, 0.3) is 0 Å². The van der Waals surface area contributed by atoms with Gasteiger partial charge in [-0.05, 0) is 0 Å². The lowest BCUT2D eigenvalue weighted by atomic mass is 11.0. The number of hydrogen-bond donors (Lipinski definition) is 1.